The number of hydrogen-bond donors (Lipinski definition) is 1. The standard InChI is InChI=1S/C17H24N2O3/c1-4-19-9-10-22-17(21)15(19)11-16(20)18-14-7-5-13(6-8-14)12(2)3/h5-8,12,15H,4,9-11H2,1-3H3,(H,18,20)/t15-/m0/s1. The minimum Gasteiger partial charge on any atom is -0.463 e. The van der Waals surface area contributed by atoms with Crippen molar-refractivity contribution in [1.82, 2.24) is 4.90 Å². The smallest absolute Gasteiger partial charge is 0.323 e. The van der Waals surface area contributed by atoms with Gasteiger partial charge in [0.15, 0.2) is 0 Å². The van der Waals surface area contributed by atoms with Crippen molar-refractivity contribution in [2.24, 2.45) is 0 Å². The Labute approximate surface area is 131 Å². The molecule has 120 valence electrons. The van der Waals surface area contributed by atoms with Gasteiger partial charge in [0.2, 0.25) is 5.91 Å². The Morgan fingerprint density at radius 3 is 2.64 bits per heavy atom. The Bertz CT molecular complexity index is 525. The number of carbonyl (C=O) groups is 2. The Balaban J connectivity index is 1.95. The molecule has 1 heterocycles. The molecule has 1 fully saturated rings. The summed E-state index contributed by atoms with van der Waals surface area (Å²) in [5, 5.41) is 2.85. The molecule has 0 spiro atoms. The van der Waals surface area contributed by atoms with Crippen LogP contribution in [0.3, 0.4) is 0 Å². The minimum absolute atomic E-state index is 0.124. The van der Waals surface area contributed by atoms with E-state index in [0.717, 1.165) is 12.2 Å². The zero-order chi connectivity index (χ0) is 16.1. The van der Waals surface area contributed by atoms with Gasteiger partial charge in [-0.05, 0) is 30.2 Å². The van der Waals surface area contributed by atoms with E-state index in [1.54, 1.807) is 0 Å². The lowest BCUT2D eigenvalue weighted by atomic mass is 10.0. The molecule has 1 amide bonds. The van der Waals surface area contributed by atoms with Gasteiger partial charge in [0.25, 0.3) is 0 Å². The Hall–Kier alpha value is -1.88. The van der Waals surface area contributed by atoms with Gasteiger partial charge in [-0.25, -0.2) is 0 Å². The van der Waals surface area contributed by atoms with Crippen molar-refractivity contribution in [2.45, 2.75) is 39.2 Å². The normalized spacial score (nSPS) is 19.1. The molecule has 22 heavy (non-hydrogen) atoms. The van der Waals surface area contributed by atoms with Crippen LogP contribution < -0.4 is 5.32 Å². The number of esters is 1. The van der Waals surface area contributed by atoms with Gasteiger partial charge in [0.05, 0.1) is 6.42 Å². The van der Waals surface area contributed by atoms with Crippen LogP contribution in [0.1, 0.15) is 38.7 Å². The average Bonchev–Trinajstić information content (AvgIpc) is 2.49. The Kier molecular flexibility index (Phi) is 5.55. The van der Waals surface area contributed by atoms with Crippen LogP contribution in [0, 0.1) is 0 Å². The Morgan fingerprint density at radius 2 is 2.05 bits per heavy atom. The summed E-state index contributed by atoms with van der Waals surface area (Å²) in [5.74, 6) is -0.0159. The molecular formula is C17H24N2O3. The molecule has 1 aliphatic rings. The van der Waals surface area contributed by atoms with Crippen LogP contribution in [0.4, 0.5) is 5.69 Å². The van der Waals surface area contributed by atoms with Crippen molar-refractivity contribution >= 4 is 17.6 Å². The summed E-state index contributed by atoms with van der Waals surface area (Å²) in [6, 6.07) is 7.32. The van der Waals surface area contributed by atoms with E-state index in [1.165, 1.54) is 5.56 Å². The number of hydrogen-bond acceptors (Lipinski definition) is 4. The topological polar surface area (TPSA) is 58.6 Å². The lowest BCUT2D eigenvalue weighted by Gasteiger charge is -2.32. The first-order valence-corrected chi connectivity index (χ1v) is 7.81. The number of rotatable bonds is 5. The number of carbonyl (C=O) groups excluding carboxylic acids is 2. The van der Waals surface area contributed by atoms with E-state index in [4.69, 9.17) is 4.74 Å². The number of anilines is 1. The summed E-state index contributed by atoms with van der Waals surface area (Å²) in [7, 11) is 0. The van der Waals surface area contributed by atoms with Crippen LogP contribution in [0.25, 0.3) is 0 Å². The Morgan fingerprint density at radius 1 is 1.36 bits per heavy atom. The number of nitrogens with one attached hydrogen (secondary N) is 1. The molecule has 0 unspecified atom stereocenters. The van der Waals surface area contributed by atoms with Crippen LogP contribution in [-0.4, -0.2) is 42.5 Å². The summed E-state index contributed by atoms with van der Waals surface area (Å²) in [6.07, 6.45) is 0.124. The summed E-state index contributed by atoms with van der Waals surface area (Å²) in [5.41, 5.74) is 1.98. The van der Waals surface area contributed by atoms with Crippen LogP contribution in [0.5, 0.6) is 0 Å². The summed E-state index contributed by atoms with van der Waals surface area (Å²) >= 11 is 0. The van der Waals surface area contributed by atoms with Crippen LogP contribution in [0.2, 0.25) is 0 Å². The van der Waals surface area contributed by atoms with E-state index in [-0.39, 0.29) is 18.3 Å². The third-order valence-corrected chi connectivity index (χ3v) is 3.98. The minimum atomic E-state index is -0.478. The van der Waals surface area contributed by atoms with Crippen LogP contribution in [0.15, 0.2) is 24.3 Å². The van der Waals surface area contributed by atoms with E-state index < -0.39 is 6.04 Å². The maximum absolute atomic E-state index is 12.2. The molecule has 0 bridgehead atoms. The number of cyclic esters (lactones) is 1. The molecule has 1 saturated heterocycles. The van der Waals surface area contributed by atoms with Gasteiger partial charge in [-0.15, -0.1) is 0 Å². The average molecular weight is 304 g/mol. The largest absolute Gasteiger partial charge is 0.463 e. The van der Waals surface area contributed by atoms with E-state index in [0.29, 0.717) is 19.1 Å². The summed E-state index contributed by atoms with van der Waals surface area (Å²) in [6.45, 7) is 8.05. The van der Waals surface area contributed by atoms with Gasteiger partial charge in [-0.2, -0.15) is 0 Å². The predicted octanol–water partition coefficient (Wildman–Crippen LogP) is 2.39. The second-order valence-corrected chi connectivity index (χ2v) is 5.84. The second-order valence-electron chi connectivity index (χ2n) is 5.84. The molecule has 0 aliphatic carbocycles. The van der Waals surface area contributed by atoms with Gasteiger partial charge in [0.1, 0.15) is 12.6 Å². The fourth-order valence-electron chi connectivity index (χ4n) is 2.59. The molecule has 0 saturated carbocycles. The molecule has 1 atom stereocenters. The van der Waals surface area contributed by atoms with Gasteiger partial charge < -0.3 is 10.1 Å². The van der Waals surface area contributed by atoms with Gasteiger partial charge >= 0.3 is 5.97 Å². The summed E-state index contributed by atoms with van der Waals surface area (Å²) < 4.78 is 5.06. The molecule has 1 N–H and O–H groups in total. The maximum atomic E-state index is 12.2. The number of likely N-dealkylation sites (N-methyl/N-ethyl adjacent to an activating group) is 1. The number of benzene rings is 1. The summed E-state index contributed by atoms with van der Waals surface area (Å²) in [4.78, 5) is 26.0. The fraction of sp³-hybridized carbons (Fsp3) is 0.529. The van der Waals surface area contributed by atoms with Crippen LogP contribution in [-0.2, 0) is 14.3 Å². The highest BCUT2D eigenvalue weighted by Crippen LogP contribution is 2.18. The molecule has 2 rings (SSSR count). The molecule has 5 heteroatoms. The maximum Gasteiger partial charge on any atom is 0.323 e. The zero-order valence-electron chi connectivity index (χ0n) is 13.5. The van der Waals surface area contributed by atoms with Crippen molar-refractivity contribution < 1.29 is 14.3 Å². The molecule has 0 radical (unpaired) electrons. The van der Waals surface area contributed by atoms with Gasteiger partial charge in [-0.1, -0.05) is 32.9 Å². The lowest BCUT2D eigenvalue weighted by Crippen LogP contribution is -2.50. The number of morpholine rings is 1. The van der Waals surface area contributed by atoms with E-state index >= 15 is 0 Å². The highest BCUT2D eigenvalue weighted by atomic mass is 16.5. The molecule has 0 aromatic heterocycles. The van der Waals surface area contributed by atoms with Crippen LogP contribution >= 0.6 is 0 Å². The first kappa shape index (κ1) is 16.5. The van der Waals surface area contributed by atoms with Crippen molar-refractivity contribution in [3.8, 4) is 0 Å². The van der Waals surface area contributed by atoms with Gasteiger partial charge in [-0.3, -0.25) is 14.5 Å². The number of ether oxygens (including phenoxy) is 1. The molecule has 1 aromatic carbocycles. The first-order valence-electron chi connectivity index (χ1n) is 7.81. The predicted molar refractivity (Wildman–Crippen MR) is 85.8 cm³/mol. The number of amides is 1. The molecule has 5 nitrogen and oxygen atoms in total. The third kappa shape index (κ3) is 4.07. The second kappa shape index (κ2) is 7.40. The molecule has 1 aliphatic heterocycles. The van der Waals surface area contributed by atoms with Crippen molar-refractivity contribution in [3.63, 3.8) is 0 Å². The molecular weight excluding hydrogens is 280 g/mol. The van der Waals surface area contributed by atoms with Crippen molar-refractivity contribution in [3.05, 3.63) is 29.8 Å². The third-order valence-electron chi connectivity index (χ3n) is 3.98. The van der Waals surface area contributed by atoms with Crippen molar-refractivity contribution in [1.29, 1.82) is 0 Å². The highest BCUT2D eigenvalue weighted by molar-refractivity contribution is 5.94. The number of nitrogens with zero attached hydrogens (tertiary/aromatic N) is 1. The highest BCUT2D eigenvalue weighted by Gasteiger charge is 2.32. The lowest BCUT2D eigenvalue weighted by molar-refractivity contribution is -0.158. The van der Waals surface area contributed by atoms with E-state index in [1.807, 2.05) is 36.1 Å². The fourth-order valence-corrected chi connectivity index (χ4v) is 2.59. The SMILES string of the molecule is CCN1CCOC(=O)[C@@H]1CC(=O)Nc1ccc(C(C)C)cc1. The quantitative estimate of drug-likeness (QED) is 0.849. The van der Waals surface area contributed by atoms with Gasteiger partial charge in [0, 0.05) is 12.2 Å². The zero-order valence-corrected chi connectivity index (χ0v) is 13.5. The first-order chi connectivity index (χ1) is 10.5. The van der Waals surface area contributed by atoms with E-state index in [9.17, 15) is 9.59 Å². The van der Waals surface area contributed by atoms with Crippen molar-refractivity contribution in [2.75, 3.05) is 25.0 Å². The molecule has 1 aromatic rings. The monoisotopic (exact) mass is 304 g/mol. The van der Waals surface area contributed by atoms with E-state index in [2.05, 4.69) is 19.2 Å².